The number of hydrogen-bond donors (Lipinski definition) is 0. The van der Waals surface area contributed by atoms with Crippen LogP contribution in [0.25, 0.3) is 22.8 Å². The Balaban J connectivity index is 0.00000280. The van der Waals surface area contributed by atoms with Crippen molar-refractivity contribution in [2.45, 2.75) is 0 Å². The van der Waals surface area contributed by atoms with E-state index in [0.717, 1.165) is 12.1 Å². The number of aromatic carboxylic acids is 3. The minimum atomic E-state index is -1.51. The zero-order chi connectivity index (χ0) is 19.6. The van der Waals surface area contributed by atoms with Crippen molar-refractivity contribution in [3.8, 4) is 22.8 Å². The molecular formula is C18H8N3Na3O6. The van der Waals surface area contributed by atoms with Gasteiger partial charge in [-0.05, 0) is 36.4 Å². The van der Waals surface area contributed by atoms with E-state index >= 15 is 0 Å². The molecule has 3 rings (SSSR count). The molecule has 0 aliphatic heterocycles. The van der Waals surface area contributed by atoms with Crippen molar-refractivity contribution in [3.63, 3.8) is 0 Å². The summed E-state index contributed by atoms with van der Waals surface area (Å²) in [5.74, 6) is -4.37. The Kier molecular flexibility index (Phi) is 12.2. The Morgan fingerprint density at radius 2 is 0.900 bits per heavy atom. The van der Waals surface area contributed by atoms with Crippen molar-refractivity contribution in [1.29, 1.82) is 0 Å². The molecule has 0 amide bonds. The monoisotopic (exact) mass is 431 g/mol. The standard InChI is InChI=1S/C18H11N3O6.3Na/c22-16(23)9-1-3-19-12(5-9)14-7-11(18(26)27)8-15(21-14)13-6-10(17(24)25)2-4-20-13;;;/h1-8H,(H,22,23)(H,24,25)(H,26,27);;;/q;3*+1/p-3. The number of nitrogens with zero attached hydrogens (tertiary/aromatic N) is 3. The molecule has 134 valence electrons. The van der Waals surface area contributed by atoms with Crippen molar-refractivity contribution in [2.75, 3.05) is 0 Å². The second-order valence-corrected chi connectivity index (χ2v) is 5.35. The number of hydrogen-bond acceptors (Lipinski definition) is 9. The first-order chi connectivity index (χ1) is 12.8. The Bertz CT molecular complexity index is 1020. The second kappa shape index (κ2) is 12.7. The Hall–Kier alpha value is -1.14. The van der Waals surface area contributed by atoms with Gasteiger partial charge in [-0.1, -0.05) is 0 Å². The molecular weight excluding hydrogens is 423 g/mol. The molecule has 12 heteroatoms. The van der Waals surface area contributed by atoms with Gasteiger partial charge in [-0.25, -0.2) is 4.98 Å². The molecule has 0 aliphatic carbocycles. The smallest absolute Gasteiger partial charge is 0.545 e. The van der Waals surface area contributed by atoms with Crippen LogP contribution in [0, 0.1) is 0 Å². The third-order valence-electron chi connectivity index (χ3n) is 3.58. The van der Waals surface area contributed by atoms with Crippen LogP contribution < -0.4 is 104 Å². The summed E-state index contributed by atoms with van der Waals surface area (Å²) in [6, 6.07) is 7.09. The fourth-order valence-corrected chi connectivity index (χ4v) is 2.31. The Morgan fingerprint density at radius 1 is 0.567 bits per heavy atom. The number of aromatic nitrogens is 3. The van der Waals surface area contributed by atoms with Crippen LogP contribution in [-0.4, -0.2) is 32.9 Å². The van der Waals surface area contributed by atoms with E-state index in [1.54, 1.807) is 0 Å². The molecule has 9 nitrogen and oxygen atoms in total. The molecule has 0 saturated carbocycles. The molecule has 3 aromatic rings. The van der Waals surface area contributed by atoms with Crippen LogP contribution in [0.15, 0.2) is 48.8 Å². The summed E-state index contributed by atoms with van der Waals surface area (Å²) in [7, 11) is 0. The fraction of sp³-hybridized carbons (Fsp3) is 0. The normalized spacial score (nSPS) is 9.33. The summed E-state index contributed by atoms with van der Waals surface area (Å²) >= 11 is 0. The average molecular weight is 431 g/mol. The predicted octanol–water partition coefficient (Wildman–Crippen LogP) is -10.7. The van der Waals surface area contributed by atoms with E-state index in [1.165, 1.54) is 36.7 Å². The van der Waals surface area contributed by atoms with Gasteiger partial charge in [0.2, 0.25) is 0 Å². The topological polar surface area (TPSA) is 159 Å². The first-order valence-corrected chi connectivity index (χ1v) is 7.44. The maximum Gasteiger partial charge on any atom is 1.00 e. The molecule has 0 fully saturated rings. The van der Waals surface area contributed by atoms with Crippen LogP contribution in [0.5, 0.6) is 0 Å². The third kappa shape index (κ3) is 6.94. The molecule has 0 atom stereocenters. The summed E-state index contributed by atoms with van der Waals surface area (Å²) in [5.41, 5.74) is -0.366. The van der Waals surface area contributed by atoms with E-state index < -0.39 is 17.9 Å². The zero-order valence-electron chi connectivity index (χ0n) is 16.4. The van der Waals surface area contributed by atoms with Crippen molar-refractivity contribution in [2.24, 2.45) is 0 Å². The van der Waals surface area contributed by atoms with Gasteiger partial charge in [0, 0.05) is 29.1 Å². The van der Waals surface area contributed by atoms with Crippen LogP contribution in [0.3, 0.4) is 0 Å². The van der Waals surface area contributed by atoms with E-state index in [9.17, 15) is 29.7 Å². The first-order valence-electron chi connectivity index (χ1n) is 7.44. The van der Waals surface area contributed by atoms with Gasteiger partial charge in [0.15, 0.2) is 0 Å². The predicted molar refractivity (Wildman–Crippen MR) is 83.7 cm³/mol. The largest absolute Gasteiger partial charge is 1.00 e. The van der Waals surface area contributed by atoms with Gasteiger partial charge in [-0.15, -0.1) is 0 Å². The van der Waals surface area contributed by atoms with Gasteiger partial charge in [-0.2, -0.15) is 0 Å². The molecule has 0 aliphatic rings. The van der Waals surface area contributed by atoms with Crippen LogP contribution in [0.4, 0.5) is 0 Å². The molecule has 30 heavy (non-hydrogen) atoms. The number of pyridine rings is 3. The van der Waals surface area contributed by atoms with Crippen molar-refractivity contribution >= 4 is 17.9 Å². The Morgan fingerprint density at radius 3 is 1.23 bits per heavy atom. The van der Waals surface area contributed by atoms with Gasteiger partial charge in [0.1, 0.15) is 0 Å². The van der Waals surface area contributed by atoms with Gasteiger partial charge in [0.05, 0.1) is 40.7 Å². The molecule has 0 saturated heterocycles. The summed E-state index contributed by atoms with van der Waals surface area (Å²) in [6.07, 6.45) is 2.42. The summed E-state index contributed by atoms with van der Waals surface area (Å²) < 4.78 is 0. The van der Waals surface area contributed by atoms with E-state index in [4.69, 9.17) is 0 Å². The van der Waals surface area contributed by atoms with Gasteiger partial charge >= 0.3 is 88.7 Å². The van der Waals surface area contributed by atoms with Crippen LogP contribution in [0.1, 0.15) is 31.1 Å². The third-order valence-corrected chi connectivity index (χ3v) is 3.58. The van der Waals surface area contributed by atoms with Crippen LogP contribution in [-0.2, 0) is 0 Å². The van der Waals surface area contributed by atoms with E-state index in [0.29, 0.717) is 0 Å². The summed E-state index contributed by atoms with van der Waals surface area (Å²) in [4.78, 5) is 45.5. The molecule has 0 radical (unpaired) electrons. The van der Waals surface area contributed by atoms with Crippen molar-refractivity contribution < 1.29 is 118 Å². The minimum absolute atomic E-state index is 0. The summed E-state index contributed by atoms with van der Waals surface area (Å²) in [5, 5.41) is 33.4. The van der Waals surface area contributed by atoms with Crippen LogP contribution >= 0.6 is 0 Å². The molecule has 0 spiro atoms. The first kappa shape index (κ1) is 28.9. The van der Waals surface area contributed by atoms with E-state index in [-0.39, 0.29) is 128 Å². The van der Waals surface area contributed by atoms with Gasteiger partial charge in [0.25, 0.3) is 0 Å². The van der Waals surface area contributed by atoms with Gasteiger partial charge in [-0.3, -0.25) is 9.97 Å². The fourth-order valence-electron chi connectivity index (χ4n) is 2.31. The second-order valence-electron chi connectivity index (χ2n) is 5.35. The zero-order valence-corrected chi connectivity index (χ0v) is 22.4. The number of rotatable bonds is 5. The quantitative estimate of drug-likeness (QED) is 0.358. The number of carbonyl (C=O) groups excluding carboxylic acids is 3. The molecule has 3 heterocycles. The molecule has 0 unspecified atom stereocenters. The Labute approximate surface area is 236 Å². The van der Waals surface area contributed by atoms with E-state index in [2.05, 4.69) is 15.0 Å². The minimum Gasteiger partial charge on any atom is -0.545 e. The van der Waals surface area contributed by atoms with Crippen LogP contribution in [0.2, 0.25) is 0 Å². The van der Waals surface area contributed by atoms with E-state index in [1.807, 2.05) is 0 Å². The number of carboxylic acids is 3. The SMILES string of the molecule is O=C([O-])c1ccnc(-c2cc(C(=O)[O-])cc(-c3cc(C(=O)[O-])ccn3)n2)c1.[Na+].[Na+].[Na+]. The molecule has 0 N–H and O–H groups in total. The van der Waals surface area contributed by atoms with Crippen molar-refractivity contribution in [1.82, 2.24) is 15.0 Å². The van der Waals surface area contributed by atoms with Gasteiger partial charge < -0.3 is 29.7 Å². The number of carbonyl (C=O) groups is 3. The maximum absolute atomic E-state index is 11.3. The average Bonchev–Trinajstić information content (AvgIpc) is 2.67. The summed E-state index contributed by atoms with van der Waals surface area (Å²) in [6.45, 7) is 0. The molecule has 0 bridgehead atoms. The maximum atomic E-state index is 11.3. The van der Waals surface area contributed by atoms with Crippen molar-refractivity contribution in [3.05, 3.63) is 65.5 Å². The molecule has 0 aromatic carbocycles. The number of carboxylic acid groups (broad SMARTS) is 3. The molecule has 3 aromatic heterocycles.